The molecule has 3 N–H and O–H groups in total. The zero-order chi connectivity index (χ0) is 15.9. The standard InChI is InChI=1S/C15H25N5O2.ClH/c1-11(12-4-3-5-17-7-12)6-14(21)19-13-8-18-20(9-13)10-15(22)16-2;/h8-9,11-12,17H,3-7,10H2,1-2H3,(H,16,22)(H,19,21);1H. The van der Waals surface area contributed by atoms with E-state index >= 15 is 0 Å². The molecule has 0 saturated carbocycles. The van der Waals surface area contributed by atoms with Gasteiger partial charge in [0.25, 0.3) is 0 Å². The van der Waals surface area contributed by atoms with Gasteiger partial charge in [-0.1, -0.05) is 6.92 Å². The van der Waals surface area contributed by atoms with Gasteiger partial charge in [-0.25, -0.2) is 0 Å². The lowest BCUT2D eigenvalue weighted by Gasteiger charge is -2.27. The first-order chi connectivity index (χ1) is 10.6. The van der Waals surface area contributed by atoms with E-state index in [9.17, 15) is 9.59 Å². The fourth-order valence-electron chi connectivity index (χ4n) is 2.78. The number of carbonyl (C=O) groups is 2. The molecule has 1 aliphatic heterocycles. The number of piperidine rings is 1. The van der Waals surface area contributed by atoms with Crippen molar-refractivity contribution in [3.8, 4) is 0 Å². The maximum atomic E-state index is 12.1. The minimum atomic E-state index is -0.126. The Hall–Kier alpha value is -1.60. The van der Waals surface area contributed by atoms with Crippen LogP contribution in [0.1, 0.15) is 26.2 Å². The largest absolute Gasteiger partial charge is 0.358 e. The molecule has 1 aliphatic rings. The smallest absolute Gasteiger partial charge is 0.241 e. The third-order valence-corrected chi connectivity index (χ3v) is 4.15. The van der Waals surface area contributed by atoms with Gasteiger partial charge in [-0.15, -0.1) is 12.4 Å². The number of rotatable bonds is 6. The molecule has 1 aromatic heterocycles. The molecule has 0 aromatic carbocycles. The van der Waals surface area contributed by atoms with Crippen LogP contribution in [0, 0.1) is 11.8 Å². The predicted octanol–water partition coefficient (Wildman–Crippen LogP) is 1.02. The van der Waals surface area contributed by atoms with Crippen molar-refractivity contribution in [3.05, 3.63) is 12.4 Å². The van der Waals surface area contributed by atoms with Gasteiger partial charge in [-0.2, -0.15) is 5.10 Å². The minimum absolute atomic E-state index is 0. The molecule has 8 heteroatoms. The fourth-order valence-corrected chi connectivity index (χ4v) is 2.78. The van der Waals surface area contributed by atoms with Crippen molar-refractivity contribution in [3.63, 3.8) is 0 Å². The maximum absolute atomic E-state index is 12.1. The van der Waals surface area contributed by atoms with Crippen LogP contribution in [0.5, 0.6) is 0 Å². The second-order valence-electron chi connectivity index (χ2n) is 5.94. The normalized spacial score (nSPS) is 18.6. The van der Waals surface area contributed by atoms with Crippen LogP contribution in [0.3, 0.4) is 0 Å². The Labute approximate surface area is 143 Å². The highest BCUT2D eigenvalue weighted by atomic mass is 35.5. The molecular formula is C15H26ClN5O2. The van der Waals surface area contributed by atoms with Crippen molar-refractivity contribution in [1.29, 1.82) is 0 Å². The molecule has 1 saturated heterocycles. The summed E-state index contributed by atoms with van der Waals surface area (Å²) in [6.45, 7) is 4.36. The van der Waals surface area contributed by atoms with Crippen molar-refractivity contribution in [2.75, 3.05) is 25.5 Å². The minimum Gasteiger partial charge on any atom is -0.358 e. The van der Waals surface area contributed by atoms with Gasteiger partial charge in [-0.05, 0) is 37.8 Å². The maximum Gasteiger partial charge on any atom is 0.241 e. The summed E-state index contributed by atoms with van der Waals surface area (Å²) in [5.74, 6) is 0.793. The van der Waals surface area contributed by atoms with Gasteiger partial charge in [-0.3, -0.25) is 14.3 Å². The summed E-state index contributed by atoms with van der Waals surface area (Å²) in [6, 6.07) is 0. The average molecular weight is 344 g/mol. The molecule has 1 aromatic rings. The number of hydrogen-bond donors (Lipinski definition) is 3. The predicted molar refractivity (Wildman–Crippen MR) is 91.5 cm³/mol. The number of halogens is 1. The average Bonchev–Trinajstić information content (AvgIpc) is 2.94. The van der Waals surface area contributed by atoms with Gasteiger partial charge in [0, 0.05) is 19.7 Å². The number of hydrogen-bond acceptors (Lipinski definition) is 4. The summed E-state index contributed by atoms with van der Waals surface area (Å²) in [4.78, 5) is 23.4. The first-order valence-corrected chi connectivity index (χ1v) is 7.82. The molecular weight excluding hydrogens is 318 g/mol. The third-order valence-electron chi connectivity index (χ3n) is 4.15. The molecule has 2 unspecified atom stereocenters. The number of anilines is 1. The van der Waals surface area contributed by atoms with E-state index in [0.29, 0.717) is 23.9 Å². The van der Waals surface area contributed by atoms with Crippen molar-refractivity contribution in [2.24, 2.45) is 11.8 Å². The van der Waals surface area contributed by atoms with Crippen molar-refractivity contribution >= 4 is 29.9 Å². The lowest BCUT2D eigenvalue weighted by molar-refractivity contribution is -0.121. The Bertz CT molecular complexity index is 514. The van der Waals surface area contributed by atoms with E-state index < -0.39 is 0 Å². The molecule has 0 bridgehead atoms. The van der Waals surface area contributed by atoms with Gasteiger partial charge in [0.15, 0.2) is 0 Å². The molecule has 130 valence electrons. The Kier molecular flexibility index (Phi) is 8.05. The molecule has 0 radical (unpaired) electrons. The molecule has 2 atom stereocenters. The first kappa shape index (κ1) is 19.4. The SMILES string of the molecule is CNC(=O)Cn1cc(NC(=O)CC(C)C2CCCNC2)cn1.Cl. The zero-order valence-electron chi connectivity index (χ0n) is 13.7. The van der Waals surface area contributed by atoms with E-state index in [0.717, 1.165) is 13.1 Å². The number of nitrogens with zero attached hydrogens (tertiary/aromatic N) is 2. The van der Waals surface area contributed by atoms with Crippen LogP contribution in [-0.2, 0) is 16.1 Å². The Morgan fingerprint density at radius 3 is 2.91 bits per heavy atom. The third kappa shape index (κ3) is 6.19. The van der Waals surface area contributed by atoms with E-state index in [1.54, 1.807) is 19.4 Å². The highest BCUT2D eigenvalue weighted by Gasteiger charge is 2.22. The molecule has 2 amide bonds. The van der Waals surface area contributed by atoms with Crippen LogP contribution in [0.15, 0.2) is 12.4 Å². The topological polar surface area (TPSA) is 88.0 Å². The highest BCUT2D eigenvalue weighted by Crippen LogP contribution is 2.22. The van der Waals surface area contributed by atoms with Crippen molar-refractivity contribution in [2.45, 2.75) is 32.7 Å². The van der Waals surface area contributed by atoms with Gasteiger partial charge in [0.05, 0.1) is 11.9 Å². The van der Waals surface area contributed by atoms with E-state index in [4.69, 9.17) is 0 Å². The molecule has 23 heavy (non-hydrogen) atoms. The van der Waals surface area contributed by atoms with Gasteiger partial charge in [0.1, 0.15) is 6.54 Å². The zero-order valence-corrected chi connectivity index (χ0v) is 14.5. The molecule has 0 spiro atoms. The van der Waals surface area contributed by atoms with E-state index in [1.165, 1.54) is 17.5 Å². The van der Waals surface area contributed by atoms with Crippen LogP contribution in [-0.4, -0.2) is 41.7 Å². The Balaban J connectivity index is 0.00000264. The Morgan fingerprint density at radius 1 is 1.48 bits per heavy atom. The first-order valence-electron chi connectivity index (χ1n) is 7.82. The van der Waals surface area contributed by atoms with E-state index in [2.05, 4.69) is 28.0 Å². The molecule has 7 nitrogen and oxygen atoms in total. The fraction of sp³-hybridized carbons (Fsp3) is 0.667. The number of likely N-dealkylation sites (N-methyl/N-ethyl adjacent to an activating group) is 1. The second kappa shape index (κ2) is 9.52. The van der Waals surface area contributed by atoms with Gasteiger partial charge < -0.3 is 16.0 Å². The summed E-state index contributed by atoms with van der Waals surface area (Å²) in [5, 5.41) is 12.8. The molecule has 2 heterocycles. The summed E-state index contributed by atoms with van der Waals surface area (Å²) in [5.41, 5.74) is 0.628. The Morgan fingerprint density at radius 2 is 2.26 bits per heavy atom. The van der Waals surface area contributed by atoms with Crippen molar-refractivity contribution < 1.29 is 9.59 Å². The molecule has 1 fully saturated rings. The second-order valence-corrected chi connectivity index (χ2v) is 5.94. The summed E-state index contributed by atoms with van der Waals surface area (Å²) < 4.78 is 1.50. The van der Waals surface area contributed by atoms with Gasteiger partial charge >= 0.3 is 0 Å². The number of aromatic nitrogens is 2. The van der Waals surface area contributed by atoms with Crippen LogP contribution in [0.25, 0.3) is 0 Å². The van der Waals surface area contributed by atoms with Crippen molar-refractivity contribution in [1.82, 2.24) is 20.4 Å². The number of amides is 2. The van der Waals surface area contributed by atoms with Crippen LogP contribution >= 0.6 is 12.4 Å². The molecule has 0 aliphatic carbocycles. The lowest BCUT2D eigenvalue weighted by Crippen LogP contribution is -2.34. The number of carbonyl (C=O) groups excluding carboxylic acids is 2. The van der Waals surface area contributed by atoms with E-state index in [-0.39, 0.29) is 30.8 Å². The number of nitrogens with one attached hydrogen (secondary N) is 3. The van der Waals surface area contributed by atoms with Crippen LogP contribution < -0.4 is 16.0 Å². The van der Waals surface area contributed by atoms with Crippen LogP contribution in [0.4, 0.5) is 5.69 Å². The van der Waals surface area contributed by atoms with Crippen LogP contribution in [0.2, 0.25) is 0 Å². The monoisotopic (exact) mass is 343 g/mol. The summed E-state index contributed by atoms with van der Waals surface area (Å²) in [6.07, 6.45) is 6.11. The van der Waals surface area contributed by atoms with Gasteiger partial charge in [0.2, 0.25) is 11.8 Å². The summed E-state index contributed by atoms with van der Waals surface area (Å²) in [7, 11) is 1.58. The quantitative estimate of drug-likeness (QED) is 0.719. The highest BCUT2D eigenvalue weighted by molar-refractivity contribution is 5.90. The molecule has 2 rings (SSSR count). The summed E-state index contributed by atoms with van der Waals surface area (Å²) >= 11 is 0. The van der Waals surface area contributed by atoms with E-state index in [1.807, 2.05) is 0 Å². The lowest BCUT2D eigenvalue weighted by atomic mass is 9.85.